The highest BCUT2D eigenvalue weighted by molar-refractivity contribution is 5.69. The first-order valence-electron chi connectivity index (χ1n) is 14.1. The summed E-state index contributed by atoms with van der Waals surface area (Å²) in [5.41, 5.74) is -6.01. The van der Waals surface area contributed by atoms with Gasteiger partial charge in [-0.3, -0.25) is 13.9 Å². The number of likely N-dealkylation sites (N-methyl/N-ethyl adjacent to an activating group) is 1. The quantitative estimate of drug-likeness (QED) is 0.228. The number of hydrogen-bond donors (Lipinski definition) is 1. The van der Waals surface area contributed by atoms with Gasteiger partial charge in [0.1, 0.15) is 11.4 Å². The minimum absolute atomic E-state index is 0.274. The Bertz CT molecular complexity index is 1880. The summed E-state index contributed by atoms with van der Waals surface area (Å²) < 4.78 is 78.9. The van der Waals surface area contributed by atoms with Gasteiger partial charge in [0.25, 0.3) is 5.56 Å². The van der Waals surface area contributed by atoms with E-state index in [0.717, 1.165) is 33.7 Å². The number of carbonyl (C=O) groups excluding carboxylic acids is 1. The van der Waals surface area contributed by atoms with Crippen LogP contribution in [0, 0.1) is 18.6 Å². The fraction of sp³-hybridized carbons (Fsp3) is 0.303. The van der Waals surface area contributed by atoms with Gasteiger partial charge in [-0.05, 0) is 51.5 Å². The van der Waals surface area contributed by atoms with Gasteiger partial charge in [-0.15, -0.1) is 0 Å². The van der Waals surface area contributed by atoms with Crippen LogP contribution in [0.2, 0.25) is 0 Å². The van der Waals surface area contributed by atoms with Crippen LogP contribution >= 0.6 is 0 Å². The fourth-order valence-corrected chi connectivity index (χ4v) is 5.07. The maximum Gasteiger partial charge on any atom is 0.416 e. The average Bonchev–Trinajstić information content (AvgIpc) is 2.97. The van der Waals surface area contributed by atoms with E-state index in [0.29, 0.717) is 16.2 Å². The number of benzene rings is 3. The maximum absolute atomic E-state index is 15.3. The summed E-state index contributed by atoms with van der Waals surface area (Å²) in [7, 11) is 1.38. The molecule has 1 amide bonds. The van der Waals surface area contributed by atoms with Crippen molar-refractivity contribution < 1.29 is 36.6 Å². The highest BCUT2D eigenvalue weighted by Crippen LogP contribution is 2.34. The van der Waals surface area contributed by atoms with Crippen LogP contribution in [0.3, 0.4) is 0 Å². The van der Waals surface area contributed by atoms with Gasteiger partial charge in [-0.25, -0.2) is 18.4 Å². The number of carbonyl (C=O) groups is 1. The lowest BCUT2D eigenvalue weighted by atomic mass is 10.0. The zero-order chi connectivity index (χ0) is 34.1. The number of rotatable bonds is 7. The van der Waals surface area contributed by atoms with Crippen molar-refractivity contribution in [2.24, 2.45) is 0 Å². The molecule has 0 radical (unpaired) electrons. The summed E-state index contributed by atoms with van der Waals surface area (Å²) in [5, 5.41) is 10.1. The third-order valence-electron chi connectivity index (χ3n) is 7.36. The molecule has 0 bridgehead atoms. The monoisotopic (exact) mass is 645 g/mol. The van der Waals surface area contributed by atoms with Gasteiger partial charge in [0.15, 0.2) is 11.6 Å². The number of halogens is 5. The Morgan fingerprint density at radius 1 is 0.935 bits per heavy atom. The Morgan fingerprint density at radius 2 is 1.57 bits per heavy atom. The van der Waals surface area contributed by atoms with Crippen molar-refractivity contribution in [3.63, 3.8) is 0 Å². The predicted molar refractivity (Wildman–Crippen MR) is 160 cm³/mol. The molecule has 0 saturated heterocycles. The van der Waals surface area contributed by atoms with Crippen molar-refractivity contribution in [1.82, 2.24) is 14.0 Å². The number of amides is 1. The van der Waals surface area contributed by atoms with E-state index in [9.17, 15) is 37.1 Å². The largest absolute Gasteiger partial charge is 0.505 e. The Morgan fingerprint density at radius 3 is 2.17 bits per heavy atom. The molecule has 0 aliphatic carbocycles. The number of aromatic hydroxyl groups is 1. The highest BCUT2D eigenvalue weighted by atomic mass is 19.4. The number of hydrogen-bond acceptors (Lipinski definition) is 5. The first-order valence-corrected chi connectivity index (χ1v) is 14.1. The van der Waals surface area contributed by atoms with Crippen LogP contribution in [-0.4, -0.2) is 37.9 Å². The molecule has 0 spiro atoms. The summed E-state index contributed by atoms with van der Waals surface area (Å²) in [4.78, 5) is 42.4. The molecule has 0 unspecified atom stereocenters. The molecule has 0 fully saturated rings. The Labute approximate surface area is 260 Å². The van der Waals surface area contributed by atoms with Crippen molar-refractivity contribution in [1.29, 1.82) is 0 Å². The van der Waals surface area contributed by atoms with Crippen molar-refractivity contribution in [2.75, 3.05) is 7.05 Å². The van der Waals surface area contributed by atoms with Gasteiger partial charge in [-0.2, -0.15) is 13.2 Å². The minimum atomic E-state index is -4.99. The van der Waals surface area contributed by atoms with E-state index in [2.05, 4.69) is 0 Å². The van der Waals surface area contributed by atoms with Crippen LogP contribution in [0.4, 0.5) is 26.7 Å². The lowest BCUT2D eigenvalue weighted by Crippen LogP contribution is -2.46. The van der Waals surface area contributed by atoms with Crippen molar-refractivity contribution in [3.05, 3.63) is 122 Å². The third kappa shape index (κ3) is 6.98. The maximum atomic E-state index is 15.3. The molecule has 13 heteroatoms. The van der Waals surface area contributed by atoms with Gasteiger partial charge in [0.05, 0.1) is 30.3 Å². The topological polar surface area (TPSA) is 93.8 Å². The molecule has 0 saturated carbocycles. The number of aromatic nitrogens is 2. The number of nitrogens with zero attached hydrogens (tertiary/aromatic N) is 3. The van der Waals surface area contributed by atoms with Gasteiger partial charge in [0.2, 0.25) is 0 Å². The van der Waals surface area contributed by atoms with Crippen LogP contribution in [0.25, 0.3) is 11.1 Å². The summed E-state index contributed by atoms with van der Waals surface area (Å²) in [6.07, 6.45) is -5.79. The summed E-state index contributed by atoms with van der Waals surface area (Å²) in [6, 6.07) is 13.0. The SMILES string of the molecule is Cc1c(-c2cccc(O)c2F)c(=O)n(C[C@H](c2ccccc2)N(C)C(=O)OC(C)(C)C)c(=O)n1Cc1c(F)cccc1C(F)(F)F. The lowest BCUT2D eigenvalue weighted by Gasteiger charge is -2.31. The Kier molecular flexibility index (Phi) is 9.46. The van der Waals surface area contributed by atoms with Crippen LogP contribution in [0.5, 0.6) is 5.75 Å². The zero-order valence-corrected chi connectivity index (χ0v) is 25.7. The minimum Gasteiger partial charge on any atom is -0.505 e. The Hall–Kier alpha value is -4.94. The van der Waals surface area contributed by atoms with Crippen LogP contribution in [0.15, 0.2) is 76.3 Å². The van der Waals surface area contributed by atoms with Crippen molar-refractivity contribution in [3.8, 4) is 16.9 Å². The van der Waals surface area contributed by atoms with E-state index in [1.807, 2.05) is 0 Å². The van der Waals surface area contributed by atoms with Crippen LogP contribution < -0.4 is 11.2 Å². The normalized spacial score (nSPS) is 12.6. The fourth-order valence-electron chi connectivity index (χ4n) is 5.07. The third-order valence-corrected chi connectivity index (χ3v) is 7.36. The summed E-state index contributed by atoms with van der Waals surface area (Å²) in [6.45, 7) is 4.63. The molecule has 4 aromatic rings. The highest BCUT2D eigenvalue weighted by Gasteiger charge is 2.35. The average molecular weight is 646 g/mol. The molecule has 1 aromatic heterocycles. The van der Waals surface area contributed by atoms with E-state index in [-0.39, 0.29) is 5.69 Å². The molecule has 4 rings (SSSR count). The van der Waals surface area contributed by atoms with Crippen molar-refractivity contribution in [2.45, 2.75) is 58.6 Å². The smallest absolute Gasteiger partial charge is 0.416 e. The second-order valence-corrected chi connectivity index (χ2v) is 11.7. The molecule has 1 atom stereocenters. The molecule has 0 aliphatic rings. The van der Waals surface area contributed by atoms with Crippen LogP contribution in [-0.2, 0) is 24.0 Å². The van der Waals surface area contributed by atoms with Gasteiger partial charge < -0.3 is 14.7 Å². The standard InChI is InChI=1S/C33H32F5N3O5/c1-19-27(21-13-9-16-26(42)28(21)35)29(43)41(30(44)40(19)17-22-23(33(36,37)38)14-10-15-24(22)34)18-25(20-11-7-6-8-12-20)39(5)31(45)46-32(2,3)4/h6-16,25,42H,17-18H2,1-5H3/t25-/m1/s1. The molecule has 1 N–H and O–H groups in total. The molecular formula is C33H32F5N3O5. The van der Waals surface area contributed by atoms with Gasteiger partial charge in [-0.1, -0.05) is 48.5 Å². The number of phenols is 1. The molecule has 3 aromatic carbocycles. The second kappa shape index (κ2) is 12.8. The summed E-state index contributed by atoms with van der Waals surface area (Å²) in [5.74, 6) is -3.29. The number of ether oxygens (including phenoxy) is 1. The number of phenolic OH excluding ortho intramolecular Hbond substituents is 1. The van der Waals surface area contributed by atoms with E-state index in [1.54, 1.807) is 51.1 Å². The second-order valence-electron chi connectivity index (χ2n) is 11.7. The lowest BCUT2D eigenvalue weighted by molar-refractivity contribution is -0.138. The Balaban J connectivity index is 2.02. The van der Waals surface area contributed by atoms with Crippen molar-refractivity contribution >= 4 is 6.09 Å². The summed E-state index contributed by atoms with van der Waals surface area (Å²) >= 11 is 0. The molecular weight excluding hydrogens is 613 g/mol. The predicted octanol–water partition coefficient (Wildman–Crippen LogP) is 6.64. The molecule has 0 aliphatic heterocycles. The molecule has 244 valence electrons. The van der Waals surface area contributed by atoms with E-state index >= 15 is 4.39 Å². The zero-order valence-electron chi connectivity index (χ0n) is 25.7. The molecule has 46 heavy (non-hydrogen) atoms. The first-order chi connectivity index (χ1) is 21.4. The number of alkyl halides is 3. The van der Waals surface area contributed by atoms with E-state index in [4.69, 9.17) is 4.74 Å². The van der Waals surface area contributed by atoms with Gasteiger partial charge in [0, 0.05) is 23.9 Å². The van der Waals surface area contributed by atoms with Crippen LogP contribution in [0.1, 0.15) is 49.2 Å². The van der Waals surface area contributed by atoms with Gasteiger partial charge >= 0.3 is 18.0 Å². The van der Waals surface area contributed by atoms with E-state index < -0.39 is 87.9 Å². The molecule has 1 heterocycles. The molecule has 8 nitrogen and oxygen atoms in total. The first kappa shape index (κ1) is 33.9. The van der Waals surface area contributed by atoms with E-state index in [1.165, 1.54) is 20.0 Å².